The summed E-state index contributed by atoms with van der Waals surface area (Å²) in [6.07, 6.45) is 2.54. The minimum Gasteiger partial charge on any atom is -0.444 e. The van der Waals surface area contributed by atoms with Crippen LogP contribution in [0.4, 0.5) is 0 Å². The van der Waals surface area contributed by atoms with Gasteiger partial charge < -0.3 is 9.84 Å². The second kappa shape index (κ2) is 5.19. The number of esters is 1. The van der Waals surface area contributed by atoms with Crippen LogP contribution in [-0.4, -0.2) is 34.3 Å². The van der Waals surface area contributed by atoms with Crippen LogP contribution in [0.1, 0.15) is 37.3 Å². The molecule has 0 aromatic heterocycles. The maximum atomic E-state index is 11.5. The number of carbonyl (C=O) groups excluding carboxylic acids is 1. The van der Waals surface area contributed by atoms with Gasteiger partial charge in [0.05, 0.1) is 6.10 Å². The number of aliphatic hydroxyl groups excluding tert-OH is 1. The van der Waals surface area contributed by atoms with E-state index < -0.39 is 5.72 Å². The first-order valence-corrected chi connectivity index (χ1v) is 7.28. The molecule has 2 aliphatic rings. The van der Waals surface area contributed by atoms with Crippen molar-refractivity contribution in [2.24, 2.45) is 0 Å². The number of aliphatic hydroxyl groups is 1. The van der Waals surface area contributed by atoms with E-state index in [-0.39, 0.29) is 12.1 Å². The fraction of sp³-hybridized carbons (Fsp3) is 0.562. The van der Waals surface area contributed by atoms with E-state index in [9.17, 15) is 9.90 Å². The van der Waals surface area contributed by atoms with Gasteiger partial charge in [-0.3, -0.25) is 9.69 Å². The fourth-order valence-electron chi connectivity index (χ4n) is 3.52. The Balaban J connectivity index is 1.85. The molecule has 4 nitrogen and oxygen atoms in total. The number of ether oxygens (including phenoxy) is 1. The summed E-state index contributed by atoms with van der Waals surface area (Å²) in [5.74, 6) is -0.266. The molecule has 1 saturated carbocycles. The van der Waals surface area contributed by atoms with Gasteiger partial charge in [0, 0.05) is 32.9 Å². The predicted octanol–water partition coefficient (Wildman–Crippen LogP) is 1.85. The molecule has 0 bridgehead atoms. The molecule has 1 heterocycles. The third-order valence-corrected chi connectivity index (χ3v) is 4.46. The van der Waals surface area contributed by atoms with Crippen molar-refractivity contribution in [1.82, 2.24) is 4.90 Å². The van der Waals surface area contributed by atoms with E-state index in [1.807, 2.05) is 6.07 Å². The Morgan fingerprint density at radius 2 is 2.15 bits per heavy atom. The summed E-state index contributed by atoms with van der Waals surface area (Å²) in [4.78, 5) is 13.7. The molecule has 2 unspecified atom stereocenters. The van der Waals surface area contributed by atoms with Crippen LogP contribution in [-0.2, 0) is 22.5 Å². The summed E-state index contributed by atoms with van der Waals surface area (Å²) in [5, 5.41) is 9.89. The Morgan fingerprint density at radius 3 is 2.80 bits per heavy atom. The summed E-state index contributed by atoms with van der Waals surface area (Å²) < 4.78 is 5.65. The quantitative estimate of drug-likeness (QED) is 0.837. The van der Waals surface area contributed by atoms with Gasteiger partial charge in [-0.15, -0.1) is 0 Å². The summed E-state index contributed by atoms with van der Waals surface area (Å²) in [7, 11) is 0. The third-order valence-electron chi connectivity index (χ3n) is 4.46. The molecule has 0 radical (unpaired) electrons. The van der Waals surface area contributed by atoms with Crippen molar-refractivity contribution >= 4 is 5.97 Å². The van der Waals surface area contributed by atoms with Crippen LogP contribution >= 0.6 is 0 Å². The van der Waals surface area contributed by atoms with Crippen molar-refractivity contribution in [2.45, 2.75) is 51.0 Å². The zero-order valence-electron chi connectivity index (χ0n) is 11.8. The van der Waals surface area contributed by atoms with Gasteiger partial charge in [0.25, 0.3) is 0 Å². The lowest BCUT2D eigenvalue weighted by molar-refractivity contribution is -0.186. The summed E-state index contributed by atoms with van der Waals surface area (Å²) in [5.41, 5.74) is 2.06. The molecule has 0 amide bonds. The summed E-state index contributed by atoms with van der Waals surface area (Å²) >= 11 is 0. The normalized spacial score (nSPS) is 30.0. The molecule has 1 aliphatic carbocycles. The maximum Gasteiger partial charge on any atom is 0.304 e. The van der Waals surface area contributed by atoms with Gasteiger partial charge in [0.15, 0.2) is 5.72 Å². The molecule has 1 aromatic carbocycles. The second-order valence-electron chi connectivity index (χ2n) is 5.88. The van der Waals surface area contributed by atoms with Crippen molar-refractivity contribution in [1.29, 1.82) is 0 Å². The molecule has 3 rings (SSSR count). The van der Waals surface area contributed by atoms with Crippen LogP contribution < -0.4 is 0 Å². The first kappa shape index (κ1) is 13.6. The number of nitrogens with zero attached hydrogens (tertiary/aromatic N) is 1. The van der Waals surface area contributed by atoms with Crippen molar-refractivity contribution in [3.8, 4) is 0 Å². The standard InChI is InChI=1S/C16H21NO3/c1-12(18)20-16(8-6-15(19)10-16)17-9-7-13-4-2-3-5-14(13)11-17/h2-5,15,19H,6-11H2,1H3. The SMILES string of the molecule is CC(=O)OC1(N2CCc3ccccc3C2)CCC(O)C1. The molecule has 2 atom stereocenters. The molecular weight excluding hydrogens is 254 g/mol. The lowest BCUT2D eigenvalue weighted by Gasteiger charge is -2.42. The highest BCUT2D eigenvalue weighted by Gasteiger charge is 2.47. The summed E-state index contributed by atoms with van der Waals surface area (Å²) in [6.45, 7) is 3.11. The van der Waals surface area contributed by atoms with E-state index in [0.717, 1.165) is 25.9 Å². The van der Waals surface area contributed by atoms with Gasteiger partial charge in [-0.25, -0.2) is 0 Å². The molecule has 4 heteroatoms. The number of carbonyl (C=O) groups is 1. The van der Waals surface area contributed by atoms with Crippen molar-refractivity contribution in [2.75, 3.05) is 6.54 Å². The molecule has 1 aliphatic heterocycles. The van der Waals surface area contributed by atoms with Crippen LogP contribution in [0.2, 0.25) is 0 Å². The number of hydrogen-bond acceptors (Lipinski definition) is 4. The topological polar surface area (TPSA) is 49.8 Å². The largest absolute Gasteiger partial charge is 0.444 e. The van der Waals surface area contributed by atoms with Crippen molar-refractivity contribution in [3.63, 3.8) is 0 Å². The molecule has 1 fully saturated rings. The smallest absolute Gasteiger partial charge is 0.304 e. The lowest BCUT2D eigenvalue weighted by atomic mass is 9.97. The van der Waals surface area contributed by atoms with Crippen molar-refractivity contribution < 1.29 is 14.6 Å². The Hall–Kier alpha value is -1.39. The zero-order valence-corrected chi connectivity index (χ0v) is 11.8. The zero-order chi connectivity index (χ0) is 14.2. The van der Waals surface area contributed by atoms with Crippen LogP contribution in [0.3, 0.4) is 0 Å². The van der Waals surface area contributed by atoms with Crippen LogP contribution in [0.5, 0.6) is 0 Å². The van der Waals surface area contributed by atoms with Gasteiger partial charge in [0.1, 0.15) is 0 Å². The molecular formula is C16H21NO3. The van der Waals surface area contributed by atoms with Crippen molar-refractivity contribution in [3.05, 3.63) is 35.4 Å². The maximum absolute atomic E-state index is 11.5. The van der Waals surface area contributed by atoms with Crippen LogP contribution in [0.25, 0.3) is 0 Å². The van der Waals surface area contributed by atoms with E-state index in [1.54, 1.807) is 0 Å². The van der Waals surface area contributed by atoms with E-state index in [2.05, 4.69) is 23.1 Å². The van der Waals surface area contributed by atoms with E-state index in [1.165, 1.54) is 18.1 Å². The Bertz CT molecular complexity index is 516. The minimum atomic E-state index is -0.612. The van der Waals surface area contributed by atoms with Gasteiger partial charge in [-0.05, 0) is 24.0 Å². The molecule has 0 saturated heterocycles. The number of fused-ring (bicyclic) bond motifs is 1. The number of hydrogen-bond donors (Lipinski definition) is 1. The average Bonchev–Trinajstić information content (AvgIpc) is 2.80. The van der Waals surface area contributed by atoms with Gasteiger partial charge in [0.2, 0.25) is 0 Å². The van der Waals surface area contributed by atoms with Gasteiger partial charge in [-0.2, -0.15) is 0 Å². The second-order valence-corrected chi connectivity index (χ2v) is 5.88. The first-order chi connectivity index (χ1) is 9.59. The molecule has 1 aromatic rings. The summed E-state index contributed by atoms with van der Waals surface area (Å²) in [6, 6.07) is 8.41. The van der Waals surface area contributed by atoms with Gasteiger partial charge >= 0.3 is 5.97 Å². The van der Waals surface area contributed by atoms with E-state index >= 15 is 0 Å². The van der Waals surface area contributed by atoms with Crippen LogP contribution in [0, 0.1) is 0 Å². The molecule has 20 heavy (non-hydrogen) atoms. The van der Waals surface area contributed by atoms with E-state index in [0.29, 0.717) is 12.8 Å². The predicted molar refractivity (Wildman–Crippen MR) is 74.9 cm³/mol. The van der Waals surface area contributed by atoms with E-state index in [4.69, 9.17) is 4.74 Å². The Labute approximate surface area is 119 Å². The Morgan fingerprint density at radius 1 is 1.40 bits per heavy atom. The highest BCUT2D eigenvalue weighted by atomic mass is 16.6. The fourth-order valence-corrected chi connectivity index (χ4v) is 3.52. The highest BCUT2D eigenvalue weighted by Crippen LogP contribution is 2.39. The molecule has 0 spiro atoms. The average molecular weight is 275 g/mol. The lowest BCUT2D eigenvalue weighted by Crippen LogP contribution is -2.52. The van der Waals surface area contributed by atoms with Gasteiger partial charge in [-0.1, -0.05) is 24.3 Å². The first-order valence-electron chi connectivity index (χ1n) is 7.28. The number of rotatable bonds is 2. The third kappa shape index (κ3) is 2.45. The molecule has 108 valence electrons. The molecule has 1 N–H and O–H groups in total. The Kier molecular flexibility index (Phi) is 3.52. The monoisotopic (exact) mass is 275 g/mol. The highest BCUT2D eigenvalue weighted by molar-refractivity contribution is 5.66. The number of benzene rings is 1. The minimum absolute atomic E-state index is 0.266. The van der Waals surface area contributed by atoms with Crippen LogP contribution in [0.15, 0.2) is 24.3 Å².